The van der Waals surface area contributed by atoms with Gasteiger partial charge in [0.25, 0.3) is 0 Å². The molecule has 1 aromatic rings. The Kier molecular flexibility index (Phi) is 5.54. The molecular weight excluding hydrogens is 353 g/mol. The van der Waals surface area contributed by atoms with Crippen molar-refractivity contribution in [2.75, 3.05) is 10.8 Å². The van der Waals surface area contributed by atoms with Crippen LogP contribution in [0.3, 0.4) is 0 Å². The van der Waals surface area contributed by atoms with E-state index in [1.54, 1.807) is 39.8 Å². The summed E-state index contributed by atoms with van der Waals surface area (Å²) in [5.41, 5.74) is 0.499. The van der Waals surface area contributed by atoms with Crippen molar-refractivity contribution in [3.8, 4) is 0 Å². The van der Waals surface area contributed by atoms with Crippen molar-refractivity contribution >= 4 is 51.8 Å². The van der Waals surface area contributed by atoms with Crippen LogP contribution in [0.5, 0.6) is 0 Å². The van der Waals surface area contributed by atoms with E-state index in [9.17, 15) is 4.79 Å². The Morgan fingerprint density at radius 3 is 2.39 bits per heavy atom. The third kappa shape index (κ3) is 4.34. The molecular formula is C16H21Cl2N3OS. The summed E-state index contributed by atoms with van der Waals surface area (Å²) in [4.78, 5) is 21.0. The van der Waals surface area contributed by atoms with E-state index in [0.29, 0.717) is 15.9 Å². The zero-order chi connectivity index (χ0) is 17.4. The Morgan fingerprint density at radius 1 is 1.22 bits per heavy atom. The maximum Gasteiger partial charge on any atom is 0.331 e. The van der Waals surface area contributed by atoms with E-state index in [1.807, 2.05) is 34.6 Å². The number of rotatable bonds is 2. The molecule has 1 saturated heterocycles. The maximum atomic E-state index is 12.9. The van der Waals surface area contributed by atoms with Gasteiger partial charge in [0.05, 0.1) is 21.5 Å². The van der Waals surface area contributed by atoms with Gasteiger partial charge in [-0.25, -0.2) is 4.79 Å². The summed E-state index contributed by atoms with van der Waals surface area (Å²) in [5.74, 6) is 0.495. The molecule has 4 nitrogen and oxygen atoms in total. The van der Waals surface area contributed by atoms with Crippen LogP contribution in [-0.4, -0.2) is 33.6 Å². The number of urea groups is 1. The summed E-state index contributed by atoms with van der Waals surface area (Å²) in [5, 5.41) is 1.67. The lowest BCUT2D eigenvalue weighted by Gasteiger charge is -2.38. The van der Waals surface area contributed by atoms with E-state index in [4.69, 9.17) is 28.2 Å². The van der Waals surface area contributed by atoms with Crippen molar-refractivity contribution in [3.05, 3.63) is 28.2 Å². The van der Waals surface area contributed by atoms with Crippen molar-refractivity contribution in [3.63, 3.8) is 0 Å². The second-order valence-corrected chi connectivity index (χ2v) is 8.34. The van der Waals surface area contributed by atoms with E-state index >= 15 is 0 Å². The highest BCUT2D eigenvalue weighted by molar-refractivity contribution is 8.14. The molecule has 7 heteroatoms. The predicted molar refractivity (Wildman–Crippen MR) is 101 cm³/mol. The van der Waals surface area contributed by atoms with Crippen molar-refractivity contribution in [1.29, 1.82) is 0 Å². The molecule has 126 valence electrons. The highest BCUT2D eigenvalue weighted by Gasteiger charge is 2.34. The monoisotopic (exact) mass is 373 g/mol. The third-order valence-corrected chi connectivity index (χ3v) is 4.80. The average Bonchev–Trinajstić information content (AvgIpc) is 2.40. The van der Waals surface area contributed by atoms with Crippen LogP contribution in [0.4, 0.5) is 10.5 Å². The van der Waals surface area contributed by atoms with Gasteiger partial charge in [0.2, 0.25) is 0 Å². The van der Waals surface area contributed by atoms with Crippen LogP contribution in [0.1, 0.15) is 34.6 Å². The number of halogens is 2. The molecule has 1 heterocycles. The first-order valence-electron chi connectivity index (χ1n) is 7.38. The Hall–Kier alpha value is -0.910. The minimum atomic E-state index is -0.235. The molecule has 23 heavy (non-hydrogen) atoms. The fourth-order valence-corrected chi connectivity index (χ4v) is 3.67. The number of carbonyl (C=O) groups is 1. The van der Waals surface area contributed by atoms with E-state index < -0.39 is 0 Å². The summed E-state index contributed by atoms with van der Waals surface area (Å²) < 4.78 is 0. The van der Waals surface area contributed by atoms with Crippen LogP contribution >= 0.6 is 35.0 Å². The lowest BCUT2D eigenvalue weighted by Crippen LogP contribution is -2.53. The third-order valence-electron chi connectivity index (χ3n) is 3.13. The minimum absolute atomic E-state index is 0.0154. The van der Waals surface area contributed by atoms with Gasteiger partial charge in [-0.3, -0.25) is 14.8 Å². The molecule has 2 amide bonds. The van der Waals surface area contributed by atoms with Gasteiger partial charge in [0.1, 0.15) is 0 Å². The van der Waals surface area contributed by atoms with Crippen LogP contribution in [0, 0.1) is 0 Å². The summed E-state index contributed by atoms with van der Waals surface area (Å²) in [7, 11) is 0. The maximum absolute atomic E-state index is 12.9. The standard InChI is InChI=1S/C16H21Cl2N3OS/c1-10(2)21-14(19-16(3,4)5)23-9-20(15(21)22)11-6-7-12(17)13(18)8-11/h6-8,10H,9H2,1-5H3/b19-14-. The fourth-order valence-electron chi connectivity index (χ4n) is 2.11. The quantitative estimate of drug-likeness (QED) is 0.686. The number of aliphatic imine (C=N–C) groups is 1. The second kappa shape index (κ2) is 6.91. The number of hydrogen-bond acceptors (Lipinski definition) is 3. The molecule has 0 atom stereocenters. The van der Waals surface area contributed by atoms with Gasteiger partial charge >= 0.3 is 6.03 Å². The van der Waals surface area contributed by atoms with Gasteiger partial charge in [0.15, 0.2) is 5.17 Å². The molecule has 0 saturated carbocycles. The van der Waals surface area contributed by atoms with E-state index in [-0.39, 0.29) is 17.6 Å². The predicted octanol–water partition coefficient (Wildman–Crippen LogP) is 5.49. The van der Waals surface area contributed by atoms with Crippen molar-refractivity contribution in [1.82, 2.24) is 4.90 Å². The van der Waals surface area contributed by atoms with E-state index in [2.05, 4.69) is 0 Å². The number of amides is 2. The van der Waals surface area contributed by atoms with Crippen LogP contribution in [0.15, 0.2) is 23.2 Å². The summed E-state index contributed by atoms with van der Waals surface area (Å²) in [6.45, 7) is 10.0. The number of carbonyl (C=O) groups excluding carboxylic acids is 1. The second-order valence-electron chi connectivity index (χ2n) is 6.61. The Morgan fingerprint density at radius 2 is 1.87 bits per heavy atom. The summed E-state index contributed by atoms with van der Waals surface area (Å²) in [6.07, 6.45) is 0. The molecule has 0 spiro atoms. The number of amidine groups is 1. The van der Waals surface area contributed by atoms with Crippen LogP contribution in [-0.2, 0) is 0 Å². The molecule has 0 radical (unpaired) electrons. The molecule has 0 bridgehead atoms. The zero-order valence-corrected chi connectivity index (χ0v) is 16.3. The topological polar surface area (TPSA) is 35.9 Å². The molecule has 0 N–H and O–H groups in total. The molecule has 1 aromatic carbocycles. The average molecular weight is 374 g/mol. The lowest BCUT2D eigenvalue weighted by molar-refractivity contribution is 0.220. The van der Waals surface area contributed by atoms with E-state index in [0.717, 1.165) is 10.9 Å². The fraction of sp³-hybridized carbons (Fsp3) is 0.500. The van der Waals surface area contributed by atoms with Crippen LogP contribution < -0.4 is 4.90 Å². The normalized spacial score (nSPS) is 18.3. The van der Waals surface area contributed by atoms with E-state index in [1.165, 1.54) is 0 Å². The number of benzene rings is 1. The highest BCUT2D eigenvalue weighted by atomic mass is 35.5. The van der Waals surface area contributed by atoms with Gasteiger partial charge in [0, 0.05) is 11.7 Å². The number of anilines is 1. The molecule has 1 aliphatic rings. The number of hydrogen-bond donors (Lipinski definition) is 0. The largest absolute Gasteiger partial charge is 0.331 e. The van der Waals surface area contributed by atoms with Crippen LogP contribution in [0.2, 0.25) is 10.0 Å². The van der Waals surface area contributed by atoms with Gasteiger partial charge in [-0.1, -0.05) is 35.0 Å². The van der Waals surface area contributed by atoms with Crippen LogP contribution in [0.25, 0.3) is 0 Å². The number of thioether (sulfide) groups is 1. The first-order chi connectivity index (χ1) is 10.6. The van der Waals surface area contributed by atoms with Gasteiger partial charge in [-0.05, 0) is 52.8 Å². The zero-order valence-electron chi connectivity index (χ0n) is 13.9. The van der Waals surface area contributed by atoms with Gasteiger partial charge in [-0.15, -0.1) is 0 Å². The molecule has 0 unspecified atom stereocenters. The first-order valence-corrected chi connectivity index (χ1v) is 9.13. The Bertz CT molecular complexity index is 641. The molecule has 0 aromatic heterocycles. The highest BCUT2D eigenvalue weighted by Crippen LogP contribution is 2.32. The minimum Gasteiger partial charge on any atom is -0.284 e. The van der Waals surface area contributed by atoms with Crippen molar-refractivity contribution in [2.24, 2.45) is 4.99 Å². The van der Waals surface area contributed by atoms with Crippen molar-refractivity contribution < 1.29 is 4.79 Å². The van der Waals surface area contributed by atoms with Crippen molar-refractivity contribution in [2.45, 2.75) is 46.2 Å². The molecule has 1 fully saturated rings. The Labute approximate surface area is 151 Å². The number of nitrogens with zero attached hydrogens (tertiary/aromatic N) is 3. The summed E-state index contributed by atoms with van der Waals surface area (Å²) in [6, 6.07) is 5.14. The lowest BCUT2D eigenvalue weighted by atomic mass is 10.1. The van der Waals surface area contributed by atoms with Gasteiger partial charge in [-0.2, -0.15) is 0 Å². The SMILES string of the molecule is CC(C)N1C(=O)N(c2ccc(Cl)c(Cl)c2)CS/C1=N\C(C)(C)C. The summed E-state index contributed by atoms with van der Waals surface area (Å²) >= 11 is 13.6. The van der Waals surface area contributed by atoms with Gasteiger partial charge < -0.3 is 0 Å². The molecule has 2 rings (SSSR count). The smallest absolute Gasteiger partial charge is 0.284 e. The molecule has 1 aliphatic heterocycles. The molecule has 0 aliphatic carbocycles. The Balaban J connectivity index is 2.36. The first kappa shape index (κ1) is 18.4.